The smallest absolute Gasteiger partial charge is 0.256 e. The maximum Gasteiger partial charge on any atom is 0.256 e. The van der Waals surface area contributed by atoms with Crippen molar-refractivity contribution in [2.24, 2.45) is 0 Å². The number of halogens is 1. The highest BCUT2D eigenvalue weighted by Gasteiger charge is 2.44. The average molecular weight is 558 g/mol. The fraction of sp³-hybridized carbons (Fsp3) is 0.464. The molecule has 2 heterocycles. The summed E-state index contributed by atoms with van der Waals surface area (Å²) < 4.78 is 5.54. The van der Waals surface area contributed by atoms with E-state index in [0.29, 0.717) is 34.7 Å². The molecule has 8 nitrogen and oxygen atoms in total. The minimum atomic E-state index is -0.668. The molecule has 0 saturated carbocycles. The third kappa shape index (κ3) is 7.02. The molecule has 2 aromatic rings. The Bertz CT molecular complexity index is 1110. The first-order valence-corrected chi connectivity index (χ1v) is 14.1. The van der Waals surface area contributed by atoms with Gasteiger partial charge >= 0.3 is 0 Å². The van der Waals surface area contributed by atoms with Gasteiger partial charge in [0.1, 0.15) is 11.8 Å². The zero-order chi connectivity index (χ0) is 27.1. The first-order chi connectivity index (χ1) is 18.4. The van der Waals surface area contributed by atoms with Crippen molar-refractivity contribution >= 4 is 52.1 Å². The van der Waals surface area contributed by atoms with E-state index in [4.69, 9.17) is 28.6 Å². The Labute approximate surface area is 235 Å². The van der Waals surface area contributed by atoms with Crippen LogP contribution in [0.2, 0.25) is 5.02 Å². The molecule has 1 N–H and O–H groups in total. The third-order valence-electron chi connectivity index (χ3n) is 7.02. The fourth-order valence-corrected chi connectivity index (χ4v) is 5.44. The lowest BCUT2D eigenvalue weighted by atomic mass is 10.1. The second-order valence-electron chi connectivity index (χ2n) is 9.48. The van der Waals surface area contributed by atoms with Crippen LogP contribution in [0, 0.1) is 0 Å². The Balaban J connectivity index is 1.45. The highest BCUT2D eigenvalue weighted by atomic mass is 35.5. The molecule has 2 aliphatic heterocycles. The molecule has 2 fully saturated rings. The molecule has 2 saturated heterocycles. The molecule has 0 bridgehead atoms. The summed E-state index contributed by atoms with van der Waals surface area (Å²) in [4.78, 5) is 35.0. The van der Waals surface area contributed by atoms with Gasteiger partial charge in [0.2, 0.25) is 5.91 Å². The van der Waals surface area contributed by atoms with Gasteiger partial charge in [-0.1, -0.05) is 18.5 Å². The van der Waals surface area contributed by atoms with E-state index in [2.05, 4.69) is 22.0 Å². The minimum absolute atomic E-state index is 0.00427. The molecule has 0 aliphatic carbocycles. The van der Waals surface area contributed by atoms with E-state index in [1.54, 1.807) is 29.2 Å². The van der Waals surface area contributed by atoms with Crippen molar-refractivity contribution in [2.75, 3.05) is 62.6 Å². The molecule has 2 amide bonds. The Hall–Kier alpha value is -2.72. The molecule has 0 unspecified atom stereocenters. The summed E-state index contributed by atoms with van der Waals surface area (Å²) in [5.41, 5.74) is 1.30. The van der Waals surface area contributed by atoms with Gasteiger partial charge in [0.15, 0.2) is 5.11 Å². The first-order valence-electron chi connectivity index (χ1n) is 13.3. The van der Waals surface area contributed by atoms with Gasteiger partial charge in [-0.15, -0.1) is 0 Å². The van der Waals surface area contributed by atoms with E-state index < -0.39 is 6.04 Å². The van der Waals surface area contributed by atoms with E-state index in [-0.39, 0.29) is 18.2 Å². The number of nitrogens with one attached hydrogen (secondary N) is 1. The number of anilines is 2. The standard InChI is InChI=1S/C28H36ClN5O3S/c1-3-31-16-18-32(19-17-31)14-5-15-33-25(20-26(35)30-22-8-6-21(29)7-9-22)27(36)34(28(33)38)23-10-12-24(13-11-23)37-4-2/h6-13,25H,3-5,14-20H2,1-2H3,(H,30,35)/t25-/m1/s1. The molecule has 10 heteroatoms. The van der Waals surface area contributed by atoms with Crippen LogP contribution >= 0.6 is 23.8 Å². The summed E-state index contributed by atoms with van der Waals surface area (Å²) in [6, 6.07) is 13.6. The predicted molar refractivity (Wildman–Crippen MR) is 156 cm³/mol. The molecule has 1 atom stereocenters. The molecule has 204 valence electrons. The molecular formula is C28H36ClN5O3S. The van der Waals surface area contributed by atoms with Crippen LogP contribution in [-0.4, -0.2) is 90.1 Å². The van der Waals surface area contributed by atoms with Gasteiger partial charge in [0.05, 0.1) is 18.7 Å². The van der Waals surface area contributed by atoms with Gasteiger partial charge in [-0.3, -0.25) is 14.5 Å². The fourth-order valence-electron chi connectivity index (χ4n) is 4.90. The largest absolute Gasteiger partial charge is 0.494 e. The number of carbonyl (C=O) groups is 2. The Morgan fingerprint density at radius 3 is 2.29 bits per heavy atom. The number of nitrogens with zero attached hydrogens (tertiary/aromatic N) is 4. The highest BCUT2D eigenvalue weighted by molar-refractivity contribution is 7.80. The van der Waals surface area contributed by atoms with Crippen LogP contribution in [0.15, 0.2) is 48.5 Å². The zero-order valence-electron chi connectivity index (χ0n) is 22.1. The molecule has 0 aromatic heterocycles. The van der Waals surface area contributed by atoms with Gasteiger partial charge in [0, 0.05) is 43.4 Å². The number of hydrogen-bond acceptors (Lipinski definition) is 6. The monoisotopic (exact) mass is 557 g/mol. The molecule has 0 spiro atoms. The number of piperazine rings is 1. The number of benzene rings is 2. The van der Waals surface area contributed by atoms with Gasteiger partial charge in [-0.05, 0) is 87.2 Å². The average Bonchev–Trinajstić information content (AvgIpc) is 3.15. The van der Waals surface area contributed by atoms with Crippen LogP contribution < -0.4 is 15.0 Å². The van der Waals surface area contributed by atoms with E-state index in [1.807, 2.05) is 36.1 Å². The SMILES string of the molecule is CCOc1ccc(N2C(=O)[C@@H](CC(=O)Nc3ccc(Cl)cc3)N(CCCN3CCN(CC)CC3)C2=S)cc1. The Kier molecular flexibility index (Phi) is 9.96. The van der Waals surface area contributed by atoms with Crippen LogP contribution in [0.3, 0.4) is 0 Å². The Morgan fingerprint density at radius 1 is 1.00 bits per heavy atom. The Morgan fingerprint density at radius 2 is 1.66 bits per heavy atom. The predicted octanol–water partition coefficient (Wildman–Crippen LogP) is 4.10. The molecule has 2 aromatic carbocycles. The van der Waals surface area contributed by atoms with E-state index in [1.165, 1.54) is 0 Å². The number of hydrogen-bond donors (Lipinski definition) is 1. The van der Waals surface area contributed by atoms with Crippen molar-refractivity contribution in [3.63, 3.8) is 0 Å². The van der Waals surface area contributed by atoms with Crippen molar-refractivity contribution < 1.29 is 14.3 Å². The highest BCUT2D eigenvalue weighted by Crippen LogP contribution is 2.29. The quantitative estimate of drug-likeness (QED) is 0.417. The van der Waals surface area contributed by atoms with Crippen LogP contribution in [0.25, 0.3) is 0 Å². The summed E-state index contributed by atoms with van der Waals surface area (Å²) >= 11 is 11.8. The summed E-state index contributed by atoms with van der Waals surface area (Å²) in [5, 5.41) is 3.90. The van der Waals surface area contributed by atoms with Crippen LogP contribution in [-0.2, 0) is 9.59 Å². The first kappa shape index (κ1) is 28.3. The van der Waals surface area contributed by atoms with Crippen molar-refractivity contribution in [1.29, 1.82) is 0 Å². The number of thiocarbonyl (C=S) groups is 1. The van der Waals surface area contributed by atoms with Crippen LogP contribution in [0.5, 0.6) is 5.75 Å². The lowest BCUT2D eigenvalue weighted by Crippen LogP contribution is -2.47. The molecule has 2 aliphatic rings. The molecule has 4 rings (SSSR count). The van der Waals surface area contributed by atoms with Crippen molar-refractivity contribution in [3.8, 4) is 5.75 Å². The number of carbonyl (C=O) groups excluding carboxylic acids is 2. The van der Waals surface area contributed by atoms with E-state index >= 15 is 0 Å². The number of amides is 2. The van der Waals surface area contributed by atoms with Gasteiger partial charge in [-0.2, -0.15) is 0 Å². The second kappa shape index (κ2) is 13.4. The van der Waals surface area contributed by atoms with E-state index in [9.17, 15) is 9.59 Å². The second-order valence-corrected chi connectivity index (χ2v) is 10.3. The summed E-state index contributed by atoms with van der Waals surface area (Å²) in [6.07, 6.45) is 0.857. The number of rotatable bonds is 11. The van der Waals surface area contributed by atoms with Gasteiger partial charge in [-0.25, -0.2) is 0 Å². The molecular weight excluding hydrogens is 522 g/mol. The zero-order valence-corrected chi connectivity index (χ0v) is 23.6. The number of likely N-dealkylation sites (N-methyl/N-ethyl adjacent to an activating group) is 1. The topological polar surface area (TPSA) is 68.4 Å². The third-order valence-corrected chi connectivity index (χ3v) is 7.69. The van der Waals surface area contributed by atoms with Crippen molar-refractivity contribution in [3.05, 3.63) is 53.6 Å². The summed E-state index contributed by atoms with van der Waals surface area (Å²) in [5.74, 6) is 0.289. The lowest BCUT2D eigenvalue weighted by molar-refractivity contribution is -0.124. The van der Waals surface area contributed by atoms with E-state index in [0.717, 1.165) is 51.4 Å². The van der Waals surface area contributed by atoms with Gasteiger partial charge in [0.25, 0.3) is 5.91 Å². The van der Waals surface area contributed by atoms with Crippen molar-refractivity contribution in [2.45, 2.75) is 32.7 Å². The van der Waals surface area contributed by atoms with Crippen LogP contribution in [0.4, 0.5) is 11.4 Å². The number of ether oxygens (including phenoxy) is 1. The summed E-state index contributed by atoms with van der Waals surface area (Å²) in [6.45, 7) is 11.5. The van der Waals surface area contributed by atoms with Crippen molar-refractivity contribution in [1.82, 2.24) is 14.7 Å². The van der Waals surface area contributed by atoms with Gasteiger partial charge < -0.3 is 24.8 Å². The molecule has 0 radical (unpaired) electrons. The van der Waals surface area contributed by atoms with Crippen LogP contribution in [0.1, 0.15) is 26.7 Å². The minimum Gasteiger partial charge on any atom is -0.494 e. The summed E-state index contributed by atoms with van der Waals surface area (Å²) in [7, 11) is 0. The normalized spacial score (nSPS) is 18.8. The molecule has 38 heavy (non-hydrogen) atoms. The lowest BCUT2D eigenvalue weighted by Gasteiger charge is -2.34. The maximum atomic E-state index is 13.7. The maximum absolute atomic E-state index is 13.7.